The van der Waals surface area contributed by atoms with Crippen molar-refractivity contribution in [3.63, 3.8) is 0 Å². The minimum atomic E-state index is -2.26. The minimum Gasteiger partial charge on any atom is -0.481 e. The molecule has 1 N–H and O–H groups in total. The van der Waals surface area contributed by atoms with Gasteiger partial charge in [0.15, 0.2) is 14.6 Å². The second-order valence-corrected chi connectivity index (χ2v) is 23.0. The summed E-state index contributed by atoms with van der Waals surface area (Å²) in [7, 11) is -2.26. The lowest BCUT2D eigenvalue weighted by Crippen LogP contribution is -2.54. The molecule has 1 aliphatic heterocycles. The summed E-state index contributed by atoms with van der Waals surface area (Å²) in [4.78, 5) is 27.0. The van der Waals surface area contributed by atoms with Crippen molar-refractivity contribution in [3.8, 4) is 11.1 Å². The highest BCUT2D eigenvalue weighted by molar-refractivity contribution is 6.74. The van der Waals surface area contributed by atoms with Crippen molar-refractivity contribution in [1.29, 1.82) is 0 Å². The van der Waals surface area contributed by atoms with Gasteiger partial charge in [0.25, 0.3) is 0 Å². The summed E-state index contributed by atoms with van der Waals surface area (Å²) in [6.07, 6.45) is 13.6. The summed E-state index contributed by atoms with van der Waals surface area (Å²) < 4.78 is 26.3. The Balaban J connectivity index is 1.33. The van der Waals surface area contributed by atoms with Crippen LogP contribution in [0.2, 0.25) is 18.1 Å². The third-order valence-corrected chi connectivity index (χ3v) is 18.1. The second-order valence-electron chi connectivity index (χ2n) is 18.3. The predicted octanol–water partition coefficient (Wildman–Crippen LogP) is 11.8. The van der Waals surface area contributed by atoms with Gasteiger partial charge in [-0.3, -0.25) is 4.79 Å². The molecule has 1 heterocycles. The van der Waals surface area contributed by atoms with Crippen molar-refractivity contribution in [2.24, 2.45) is 23.2 Å². The SMILES string of the molecule is CCC[C@H]1C(OC2CCCCO2)C[C@H](OC(=O)c2ccc(-c3ccccc3)cc2)[C@@H]1CCCCC(O[Si](C)(C)C(C)(C)C)C(C)(C(=O)O)C1CCCCC1. The molecule has 7 atom stereocenters. The van der Waals surface area contributed by atoms with Crippen molar-refractivity contribution >= 4 is 20.3 Å². The van der Waals surface area contributed by atoms with Gasteiger partial charge in [-0.2, -0.15) is 0 Å². The fraction of sp³-hybridized carbons (Fsp3) is 0.696. The molecule has 2 aromatic rings. The lowest BCUT2D eigenvalue weighted by molar-refractivity contribution is -0.196. The summed E-state index contributed by atoms with van der Waals surface area (Å²) >= 11 is 0. The Morgan fingerprint density at radius 1 is 0.833 bits per heavy atom. The Bertz CT molecular complexity index is 1460. The predicted molar refractivity (Wildman–Crippen MR) is 219 cm³/mol. The van der Waals surface area contributed by atoms with Gasteiger partial charge >= 0.3 is 11.9 Å². The highest BCUT2D eigenvalue weighted by atomic mass is 28.4. The Kier molecular flexibility index (Phi) is 15.1. The van der Waals surface area contributed by atoms with E-state index in [0.29, 0.717) is 18.4 Å². The average Bonchev–Trinajstić information content (AvgIpc) is 3.47. The number of aliphatic carboxylic acids is 1. The Morgan fingerprint density at radius 2 is 1.48 bits per heavy atom. The number of carbonyl (C=O) groups excluding carboxylic acids is 1. The average molecular weight is 763 g/mol. The molecule has 0 spiro atoms. The zero-order valence-electron chi connectivity index (χ0n) is 34.4. The Morgan fingerprint density at radius 3 is 2.09 bits per heavy atom. The number of esters is 1. The van der Waals surface area contributed by atoms with E-state index < -0.39 is 19.7 Å². The second kappa shape index (κ2) is 19.1. The maximum Gasteiger partial charge on any atom is 0.338 e. The molecule has 300 valence electrons. The van der Waals surface area contributed by atoms with E-state index in [4.69, 9.17) is 18.6 Å². The lowest BCUT2D eigenvalue weighted by Gasteiger charge is -2.47. The van der Waals surface area contributed by atoms with E-state index in [2.05, 4.69) is 52.9 Å². The number of benzene rings is 2. The molecule has 2 aromatic carbocycles. The molecule has 0 radical (unpaired) electrons. The van der Waals surface area contributed by atoms with Crippen LogP contribution in [0, 0.1) is 23.2 Å². The largest absolute Gasteiger partial charge is 0.481 e. The first-order valence-corrected chi connectivity index (χ1v) is 24.2. The first-order valence-electron chi connectivity index (χ1n) is 21.3. The molecule has 0 aromatic heterocycles. The third-order valence-electron chi connectivity index (χ3n) is 13.6. The van der Waals surface area contributed by atoms with Crippen LogP contribution in [0.4, 0.5) is 0 Å². The maximum absolute atomic E-state index is 13.8. The smallest absolute Gasteiger partial charge is 0.338 e. The summed E-state index contributed by atoms with van der Waals surface area (Å²) in [5, 5.41) is 10.9. The molecule has 2 saturated carbocycles. The van der Waals surface area contributed by atoms with Gasteiger partial charge in [-0.25, -0.2) is 4.79 Å². The normalized spacial score (nSPS) is 25.9. The fourth-order valence-electron chi connectivity index (χ4n) is 9.20. The number of ether oxygens (including phenoxy) is 3. The van der Waals surface area contributed by atoms with Crippen LogP contribution >= 0.6 is 0 Å². The Labute approximate surface area is 327 Å². The molecular weight excluding hydrogens is 693 g/mol. The molecule has 2 aliphatic carbocycles. The van der Waals surface area contributed by atoms with Crippen molar-refractivity contribution in [3.05, 3.63) is 60.2 Å². The number of unbranched alkanes of at least 4 members (excludes halogenated alkanes) is 1. The van der Waals surface area contributed by atoms with Crippen molar-refractivity contribution in [2.45, 2.75) is 174 Å². The van der Waals surface area contributed by atoms with Gasteiger partial charge in [-0.05, 0) is 112 Å². The summed E-state index contributed by atoms with van der Waals surface area (Å²) in [5.74, 6) is -0.486. The number of carbonyl (C=O) groups is 2. The number of hydrogen-bond donors (Lipinski definition) is 1. The van der Waals surface area contributed by atoms with Crippen LogP contribution < -0.4 is 0 Å². The molecule has 54 heavy (non-hydrogen) atoms. The van der Waals surface area contributed by atoms with Gasteiger partial charge in [-0.15, -0.1) is 0 Å². The van der Waals surface area contributed by atoms with Crippen molar-refractivity contribution < 1.29 is 33.3 Å². The van der Waals surface area contributed by atoms with E-state index in [1.807, 2.05) is 49.4 Å². The molecule has 4 unspecified atom stereocenters. The number of carboxylic acids is 1. The fourth-order valence-corrected chi connectivity index (χ4v) is 10.6. The van der Waals surface area contributed by atoms with Crippen LogP contribution in [-0.4, -0.2) is 56.6 Å². The van der Waals surface area contributed by atoms with Gasteiger partial charge < -0.3 is 23.7 Å². The van der Waals surface area contributed by atoms with Crippen LogP contribution in [0.3, 0.4) is 0 Å². The van der Waals surface area contributed by atoms with E-state index in [9.17, 15) is 14.7 Å². The molecule has 0 bridgehead atoms. The van der Waals surface area contributed by atoms with Gasteiger partial charge in [0, 0.05) is 18.9 Å². The molecule has 0 amide bonds. The highest BCUT2D eigenvalue weighted by Crippen LogP contribution is 2.48. The van der Waals surface area contributed by atoms with E-state index >= 15 is 0 Å². The van der Waals surface area contributed by atoms with Crippen LogP contribution in [0.25, 0.3) is 11.1 Å². The standard InChI is InChI=1S/C46H70O7Si/c1-8-19-37-38(24-15-16-25-41(53-54(6,7)45(2,3)4)46(5,44(48)49)36-22-13-10-14-23-36)40(32-39(37)51-42-26-17-18-31-50-42)52-43(47)35-29-27-34(28-30-35)33-20-11-9-12-21-33/h9,11-12,20-21,27-30,36-42H,8,10,13-19,22-26,31-32H2,1-7H3,(H,48,49)/t37-,38-,39?,40+,41?,42?,46?/m1/s1. The summed E-state index contributed by atoms with van der Waals surface area (Å²) in [5.41, 5.74) is 1.80. The third kappa shape index (κ3) is 10.5. The zero-order valence-corrected chi connectivity index (χ0v) is 35.4. The highest BCUT2D eigenvalue weighted by Gasteiger charge is 2.52. The quantitative estimate of drug-likeness (QED) is 0.0974. The number of hydrogen-bond acceptors (Lipinski definition) is 6. The lowest BCUT2D eigenvalue weighted by atomic mass is 9.66. The number of rotatable bonds is 17. The molecule has 3 aliphatic rings. The van der Waals surface area contributed by atoms with Gasteiger partial charge in [0.05, 0.1) is 23.2 Å². The Hall–Kier alpha value is -2.52. The number of carboxylic acid groups (broad SMARTS) is 1. The molecule has 7 nitrogen and oxygen atoms in total. The first-order chi connectivity index (χ1) is 25.7. The molecular formula is C46H70O7Si. The minimum absolute atomic E-state index is 0.0233. The summed E-state index contributed by atoms with van der Waals surface area (Å²) in [6, 6.07) is 17.9. The van der Waals surface area contributed by atoms with E-state index in [1.165, 1.54) is 6.42 Å². The van der Waals surface area contributed by atoms with Gasteiger partial charge in [0.1, 0.15) is 6.10 Å². The molecule has 8 heteroatoms. The van der Waals surface area contributed by atoms with Gasteiger partial charge in [-0.1, -0.05) is 109 Å². The van der Waals surface area contributed by atoms with Crippen LogP contribution in [0.1, 0.15) is 141 Å². The first kappa shape index (κ1) is 42.6. The molecule has 3 fully saturated rings. The van der Waals surface area contributed by atoms with Crippen molar-refractivity contribution in [2.75, 3.05) is 6.61 Å². The monoisotopic (exact) mass is 762 g/mol. The van der Waals surface area contributed by atoms with Crippen molar-refractivity contribution in [1.82, 2.24) is 0 Å². The van der Waals surface area contributed by atoms with Crippen LogP contribution in [0.5, 0.6) is 0 Å². The molecule has 5 rings (SSSR count). The van der Waals surface area contributed by atoms with Crippen LogP contribution in [0.15, 0.2) is 54.6 Å². The summed E-state index contributed by atoms with van der Waals surface area (Å²) in [6.45, 7) is 16.1. The maximum atomic E-state index is 13.8. The van der Waals surface area contributed by atoms with Crippen LogP contribution in [-0.2, 0) is 23.4 Å². The topological polar surface area (TPSA) is 91.3 Å². The van der Waals surface area contributed by atoms with E-state index in [-0.39, 0.29) is 53.4 Å². The zero-order chi connectivity index (χ0) is 38.9. The van der Waals surface area contributed by atoms with E-state index in [0.717, 1.165) is 94.8 Å². The van der Waals surface area contributed by atoms with E-state index in [1.54, 1.807) is 0 Å². The van der Waals surface area contributed by atoms with Gasteiger partial charge in [0.2, 0.25) is 0 Å². The molecule has 1 saturated heterocycles.